The van der Waals surface area contributed by atoms with E-state index in [2.05, 4.69) is 27.5 Å². The van der Waals surface area contributed by atoms with Crippen molar-refractivity contribution in [3.8, 4) is 11.5 Å². The Morgan fingerprint density at radius 1 is 1.17 bits per heavy atom. The summed E-state index contributed by atoms with van der Waals surface area (Å²) in [5, 5.41) is 9.68. The summed E-state index contributed by atoms with van der Waals surface area (Å²) in [6, 6.07) is 16.3. The second-order valence-corrected chi connectivity index (χ2v) is 11.2. The number of thiophene rings is 1. The first-order valence-corrected chi connectivity index (χ1v) is 14.2. The second-order valence-electron chi connectivity index (χ2n) is 10.2. The van der Waals surface area contributed by atoms with E-state index in [1.54, 1.807) is 24.3 Å². The monoisotopic (exact) mass is 583 g/mol. The van der Waals surface area contributed by atoms with Gasteiger partial charge in [0.1, 0.15) is 26.7 Å². The molecular formula is C31H29N5O5S. The number of ether oxygens (including phenoxy) is 2. The van der Waals surface area contributed by atoms with Crippen molar-refractivity contribution in [3.05, 3.63) is 83.9 Å². The van der Waals surface area contributed by atoms with Crippen molar-refractivity contribution in [1.29, 1.82) is 0 Å². The maximum atomic E-state index is 13.8. The van der Waals surface area contributed by atoms with Gasteiger partial charge in [-0.25, -0.2) is 9.78 Å². The molecule has 6 rings (SSSR count). The normalized spacial score (nSPS) is 19.7. The van der Waals surface area contributed by atoms with Gasteiger partial charge in [-0.1, -0.05) is 24.8 Å². The van der Waals surface area contributed by atoms with Crippen molar-refractivity contribution in [3.63, 3.8) is 0 Å². The van der Waals surface area contributed by atoms with E-state index in [0.29, 0.717) is 51.7 Å². The Hall–Kier alpha value is -4.58. The molecule has 3 N–H and O–H groups in total. The number of piperidine rings is 1. The average Bonchev–Trinajstić information content (AvgIpc) is 3.37. The zero-order valence-corrected chi connectivity index (χ0v) is 23.9. The van der Waals surface area contributed by atoms with E-state index in [1.165, 1.54) is 6.08 Å². The predicted octanol–water partition coefficient (Wildman–Crippen LogP) is 5.31. The fraction of sp³-hybridized carbons (Fsp3) is 0.226. The molecule has 0 radical (unpaired) electrons. The molecule has 2 aliphatic rings. The molecule has 2 aromatic heterocycles. The van der Waals surface area contributed by atoms with Crippen LogP contribution in [0.3, 0.4) is 0 Å². The Morgan fingerprint density at radius 3 is 2.71 bits per heavy atom. The van der Waals surface area contributed by atoms with Gasteiger partial charge in [-0.3, -0.25) is 14.5 Å². The number of nitrogens with zero attached hydrogens (tertiary/aromatic N) is 2. The fourth-order valence-electron chi connectivity index (χ4n) is 5.51. The number of methoxy groups -OCH3 is 1. The van der Waals surface area contributed by atoms with Crippen LogP contribution >= 0.6 is 11.3 Å². The molecule has 0 aliphatic carbocycles. The third-order valence-electron chi connectivity index (χ3n) is 7.56. The highest BCUT2D eigenvalue weighted by Gasteiger charge is 2.44. The van der Waals surface area contributed by atoms with Gasteiger partial charge in [0.05, 0.1) is 28.6 Å². The molecule has 2 aromatic carbocycles. The summed E-state index contributed by atoms with van der Waals surface area (Å²) in [7, 11) is 1.57. The summed E-state index contributed by atoms with van der Waals surface area (Å²) >= 11 is 1.16. The molecule has 0 bridgehead atoms. The summed E-state index contributed by atoms with van der Waals surface area (Å²) in [5.41, 5.74) is 1.22. The molecule has 0 saturated carbocycles. The van der Waals surface area contributed by atoms with Crippen molar-refractivity contribution in [2.75, 3.05) is 30.4 Å². The van der Waals surface area contributed by atoms with Crippen LogP contribution in [0.4, 0.5) is 21.9 Å². The van der Waals surface area contributed by atoms with Crippen LogP contribution in [-0.4, -0.2) is 54.5 Å². The number of ketones is 1. The lowest BCUT2D eigenvalue weighted by molar-refractivity contribution is -0.122. The summed E-state index contributed by atoms with van der Waals surface area (Å²) in [4.78, 5) is 47.3. The van der Waals surface area contributed by atoms with Gasteiger partial charge in [-0.15, -0.1) is 11.3 Å². The number of carbonyl (C=O) groups excluding carboxylic acids is 3. The molecule has 0 spiro atoms. The molecule has 10 nitrogen and oxygen atoms in total. The molecule has 1 fully saturated rings. The summed E-state index contributed by atoms with van der Waals surface area (Å²) in [6.07, 6.45) is 2.86. The standard InChI is InChI=1S/C31H29N5O5S/c1-4-24(37)31(15-21(40-3)16-32-17-31)35-28(38)27-26-25-23(12-13-33-29(25)42-27)36(30(39)34-26)22-11-10-20(14-18(22)2)41-19-8-6-5-7-9-19/h4-14,21,32H,1,15-17H2,2-3H3,(H,34,39)(H,35,38)/t21-,31-/m1/s1. The van der Waals surface area contributed by atoms with Crippen LogP contribution in [0.25, 0.3) is 10.2 Å². The Labute approximate surface area is 246 Å². The molecule has 4 heterocycles. The number of hydrogen-bond donors (Lipinski definition) is 3. The van der Waals surface area contributed by atoms with Crippen molar-refractivity contribution >= 4 is 56.3 Å². The molecule has 0 unspecified atom stereocenters. The fourth-order valence-corrected chi connectivity index (χ4v) is 6.53. The molecule has 214 valence electrons. The number of hydrogen-bond acceptors (Lipinski definition) is 8. The summed E-state index contributed by atoms with van der Waals surface area (Å²) < 4.78 is 11.4. The van der Waals surface area contributed by atoms with E-state index >= 15 is 0 Å². The number of urea groups is 1. The molecule has 3 amide bonds. The van der Waals surface area contributed by atoms with E-state index in [0.717, 1.165) is 16.9 Å². The Kier molecular flexibility index (Phi) is 7.23. The number of amides is 3. The number of rotatable bonds is 8. The number of anilines is 3. The quantitative estimate of drug-likeness (QED) is 0.240. The number of benzene rings is 2. The number of aryl methyl sites for hydroxylation is 1. The Morgan fingerprint density at radius 2 is 1.98 bits per heavy atom. The number of nitrogens with one attached hydrogen (secondary N) is 3. The van der Waals surface area contributed by atoms with E-state index in [4.69, 9.17) is 9.47 Å². The van der Waals surface area contributed by atoms with Gasteiger partial charge in [0.2, 0.25) is 0 Å². The van der Waals surface area contributed by atoms with E-state index in [-0.39, 0.29) is 23.3 Å². The summed E-state index contributed by atoms with van der Waals surface area (Å²) in [6.45, 7) is 6.33. The van der Waals surface area contributed by atoms with Gasteiger partial charge in [0, 0.05) is 32.8 Å². The van der Waals surface area contributed by atoms with Crippen LogP contribution in [0.2, 0.25) is 0 Å². The topological polar surface area (TPSA) is 122 Å². The third-order valence-corrected chi connectivity index (χ3v) is 8.65. The molecule has 2 atom stereocenters. The van der Waals surface area contributed by atoms with E-state index < -0.39 is 17.5 Å². The number of pyridine rings is 1. The molecule has 4 aromatic rings. The molecule has 1 saturated heterocycles. The zero-order valence-electron chi connectivity index (χ0n) is 23.1. The molecule has 11 heteroatoms. The van der Waals surface area contributed by atoms with Crippen LogP contribution in [-0.2, 0) is 9.53 Å². The zero-order chi connectivity index (χ0) is 29.4. The lowest BCUT2D eigenvalue weighted by atomic mass is 9.84. The van der Waals surface area contributed by atoms with Gasteiger partial charge in [-0.2, -0.15) is 0 Å². The van der Waals surface area contributed by atoms with Crippen molar-refractivity contribution in [2.45, 2.75) is 25.0 Å². The first kappa shape index (κ1) is 27.6. The third kappa shape index (κ3) is 4.81. The van der Waals surface area contributed by atoms with Crippen molar-refractivity contribution in [2.24, 2.45) is 0 Å². The van der Waals surface area contributed by atoms with Gasteiger partial charge in [0.25, 0.3) is 5.91 Å². The van der Waals surface area contributed by atoms with Gasteiger partial charge in [0.15, 0.2) is 5.78 Å². The largest absolute Gasteiger partial charge is 0.457 e. The molecular weight excluding hydrogens is 554 g/mol. The predicted molar refractivity (Wildman–Crippen MR) is 162 cm³/mol. The molecule has 2 aliphatic heterocycles. The smallest absolute Gasteiger partial charge is 0.331 e. The highest BCUT2D eigenvalue weighted by atomic mass is 32.1. The SMILES string of the molecule is C=CC(=O)[C@]1(NC(=O)c2sc3nccc4c3c2NC(=O)N4c2ccc(Oc3ccccc3)cc2C)CNC[C@H](OC)C1. The van der Waals surface area contributed by atoms with Crippen LogP contribution in [0, 0.1) is 6.92 Å². The van der Waals surface area contributed by atoms with E-state index in [1.807, 2.05) is 55.5 Å². The van der Waals surface area contributed by atoms with Crippen molar-refractivity contribution in [1.82, 2.24) is 15.6 Å². The lowest BCUT2D eigenvalue weighted by Gasteiger charge is -2.39. The highest BCUT2D eigenvalue weighted by Crippen LogP contribution is 2.46. The lowest BCUT2D eigenvalue weighted by Crippen LogP contribution is -2.65. The Bertz CT molecular complexity index is 1720. The summed E-state index contributed by atoms with van der Waals surface area (Å²) in [5.74, 6) is 0.554. The highest BCUT2D eigenvalue weighted by molar-refractivity contribution is 7.21. The maximum absolute atomic E-state index is 13.8. The number of para-hydroxylation sites is 1. The second kappa shape index (κ2) is 11.0. The first-order chi connectivity index (χ1) is 20.3. The van der Waals surface area contributed by atoms with Crippen LogP contribution in [0.1, 0.15) is 21.7 Å². The van der Waals surface area contributed by atoms with Gasteiger partial charge >= 0.3 is 6.03 Å². The average molecular weight is 584 g/mol. The minimum absolute atomic E-state index is 0.233. The maximum Gasteiger partial charge on any atom is 0.331 e. The van der Waals surface area contributed by atoms with Crippen LogP contribution in [0.15, 0.2) is 73.4 Å². The molecule has 42 heavy (non-hydrogen) atoms. The number of carbonyl (C=O) groups is 3. The minimum Gasteiger partial charge on any atom is -0.457 e. The van der Waals surface area contributed by atoms with Crippen molar-refractivity contribution < 1.29 is 23.9 Å². The van der Waals surface area contributed by atoms with Crippen LogP contribution < -0.4 is 25.6 Å². The number of aromatic nitrogens is 1. The van der Waals surface area contributed by atoms with Gasteiger partial charge in [-0.05, 0) is 55.0 Å². The van der Waals surface area contributed by atoms with E-state index in [9.17, 15) is 14.4 Å². The minimum atomic E-state index is -1.23. The van der Waals surface area contributed by atoms with Gasteiger partial charge < -0.3 is 25.4 Å². The first-order valence-electron chi connectivity index (χ1n) is 13.4. The Balaban J connectivity index is 1.35. The van der Waals surface area contributed by atoms with Crippen LogP contribution in [0.5, 0.6) is 11.5 Å².